The maximum absolute atomic E-state index is 12.8. The Labute approximate surface area is 195 Å². The van der Waals surface area contributed by atoms with Gasteiger partial charge in [0.1, 0.15) is 6.10 Å². The number of benzene rings is 2. The Hall–Kier alpha value is -3.02. The van der Waals surface area contributed by atoms with Crippen molar-refractivity contribution in [1.29, 1.82) is 0 Å². The van der Waals surface area contributed by atoms with Gasteiger partial charge in [0, 0.05) is 38.3 Å². The minimum Gasteiger partial charge on any atom is -0.493 e. The van der Waals surface area contributed by atoms with E-state index in [-0.39, 0.29) is 30.3 Å². The Morgan fingerprint density at radius 2 is 1.73 bits per heavy atom. The molecule has 0 saturated carbocycles. The zero-order valence-electron chi connectivity index (χ0n) is 19.8. The van der Waals surface area contributed by atoms with Crippen LogP contribution in [0.25, 0.3) is 0 Å². The first-order valence-corrected chi connectivity index (χ1v) is 11.6. The van der Waals surface area contributed by atoms with Gasteiger partial charge < -0.3 is 19.5 Å². The molecular weight excluding hydrogens is 418 g/mol. The van der Waals surface area contributed by atoms with Crippen LogP contribution in [0.2, 0.25) is 0 Å². The SMILES string of the molecule is COc1ccc([C@@H]2CN(C(=O)CC(C)(C)C(=O)O)C[C@@H]2C)cc1OC1Cc2ccccc2C1. The lowest BCUT2D eigenvalue weighted by Gasteiger charge is -2.23. The van der Waals surface area contributed by atoms with Gasteiger partial charge in [-0.15, -0.1) is 0 Å². The van der Waals surface area contributed by atoms with Crippen molar-refractivity contribution in [3.05, 3.63) is 59.2 Å². The molecule has 2 atom stereocenters. The van der Waals surface area contributed by atoms with Crippen LogP contribution < -0.4 is 9.47 Å². The summed E-state index contributed by atoms with van der Waals surface area (Å²) in [5.41, 5.74) is 2.71. The molecule has 0 unspecified atom stereocenters. The fourth-order valence-electron chi connectivity index (χ4n) is 4.97. The van der Waals surface area contributed by atoms with Gasteiger partial charge in [-0.3, -0.25) is 9.59 Å². The Bertz CT molecular complexity index is 1020. The fourth-order valence-corrected chi connectivity index (χ4v) is 4.97. The summed E-state index contributed by atoms with van der Waals surface area (Å²) >= 11 is 0. The molecule has 2 aromatic carbocycles. The molecule has 1 aliphatic carbocycles. The second-order valence-corrected chi connectivity index (χ2v) is 10.1. The number of carboxylic acids is 1. The van der Waals surface area contributed by atoms with Crippen molar-refractivity contribution in [3.63, 3.8) is 0 Å². The topological polar surface area (TPSA) is 76.1 Å². The van der Waals surface area contributed by atoms with E-state index in [0.29, 0.717) is 18.8 Å². The number of carbonyl (C=O) groups is 2. The first-order valence-electron chi connectivity index (χ1n) is 11.6. The van der Waals surface area contributed by atoms with Crippen molar-refractivity contribution in [2.24, 2.45) is 11.3 Å². The number of nitrogens with zero attached hydrogens (tertiary/aromatic N) is 1. The number of likely N-dealkylation sites (tertiary alicyclic amines) is 1. The van der Waals surface area contributed by atoms with Gasteiger partial charge in [-0.1, -0.05) is 37.3 Å². The molecule has 1 amide bonds. The summed E-state index contributed by atoms with van der Waals surface area (Å²) in [5, 5.41) is 9.37. The van der Waals surface area contributed by atoms with Crippen LogP contribution in [-0.4, -0.2) is 48.2 Å². The lowest BCUT2D eigenvalue weighted by atomic mass is 9.89. The minimum absolute atomic E-state index is 0.000978. The predicted molar refractivity (Wildman–Crippen MR) is 126 cm³/mol. The summed E-state index contributed by atoms with van der Waals surface area (Å²) in [7, 11) is 1.65. The third kappa shape index (κ3) is 4.85. The van der Waals surface area contributed by atoms with Crippen molar-refractivity contribution in [3.8, 4) is 11.5 Å². The summed E-state index contributed by atoms with van der Waals surface area (Å²) in [5.74, 6) is 0.805. The second-order valence-electron chi connectivity index (χ2n) is 10.1. The monoisotopic (exact) mass is 451 g/mol. The number of hydrogen-bond donors (Lipinski definition) is 1. The van der Waals surface area contributed by atoms with Gasteiger partial charge in [-0.2, -0.15) is 0 Å². The molecule has 0 spiro atoms. The Morgan fingerprint density at radius 1 is 1.06 bits per heavy atom. The van der Waals surface area contributed by atoms with E-state index in [1.165, 1.54) is 11.1 Å². The molecule has 6 nitrogen and oxygen atoms in total. The number of carbonyl (C=O) groups excluding carboxylic acids is 1. The Morgan fingerprint density at radius 3 is 2.33 bits per heavy atom. The molecule has 0 bridgehead atoms. The maximum atomic E-state index is 12.8. The number of ether oxygens (including phenoxy) is 2. The smallest absolute Gasteiger partial charge is 0.309 e. The highest BCUT2D eigenvalue weighted by Crippen LogP contribution is 2.39. The second kappa shape index (κ2) is 9.08. The van der Waals surface area contributed by atoms with Gasteiger partial charge in [-0.25, -0.2) is 0 Å². The van der Waals surface area contributed by atoms with E-state index in [1.54, 1.807) is 25.9 Å². The average Bonchev–Trinajstić information content (AvgIpc) is 3.36. The number of carboxylic acid groups (broad SMARTS) is 1. The number of rotatable bonds is 7. The van der Waals surface area contributed by atoms with Gasteiger partial charge in [0.05, 0.1) is 12.5 Å². The first-order chi connectivity index (χ1) is 15.7. The largest absolute Gasteiger partial charge is 0.493 e. The van der Waals surface area contributed by atoms with Crippen LogP contribution in [0.3, 0.4) is 0 Å². The van der Waals surface area contributed by atoms with Crippen LogP contribution in [0.15, 0.2) is 42.5 Å². The summed E-state index contributed by atoms with van der Waals surface area (Å²) in [4.78, 5) is 26.1. The highest BCUT2D eigenvalue weighted by Gasteiger charge is 2.38. The summed E-state index contributed by atoms with van der Waals surface area (Å²) in [6, 6.07) is 14.5. The molecule has 33 heavy (non-hydrogen) atoms. The fraction of sp³-hybridized carbons (Fsp3) is 0.481. The third-order valence-electron chi connectivity index (χ3n) is 7.06. The molecule has 1 heterocycles. The molecule has 1 aliphatic heterocycles. The predicted octanol–water partition coefficient (Wildman–Crippen LogP) is 4.30. The number of aliphatic carboxylic acids is 1. The zero-order valence-corrected chi connectivity index (χ0v) is 19.8. The lowest BCUT2D eigenvalue weighted by molar-refractivity contribution is -0.151. The van der Waals surface area contributed by atoms with E-state index in [1.807, 2.05) is 12.1 Å². The average molecular weight is 452 g/mol. The molecule has 0 aromatic heterocycles. The van der Waals surface area contributed by atoms with Crippen LogP contribution in [-0.2, 0) is 22.4 Å². The lowest BCUT2D eigenvalue weighted by Crippen LogP contribution is -2.35. The highest BCUT2D eigenvalue weighted by atomic mass is 16.5. The van der Waals surface area contributed by atoms with Crippen molar-refractivity contribution in [2.45, 2.75) is 52.1 Å². The molecule has 176 valence electrons. The van der Waals surface area contributed by atoms with E-state index in [2.05, 4.69) is 37.3 Å². The van der Waals surface area contributed by atoms with E-state index in [9.17, 15) is 14.7 Å². The molecule has 1 saturated heterocycles. The highest BCUT2D eigenvalue weighted by molar-refractivity contribution is 5.84. The molecule has 2 aromatic rings. The quantitative estimate of drug-likeness (QED) is 0.679. The van der Waals surface area contributed by atoms with Crippen LogP contribution in [0.5, 0.6) is 11.5 Å². The van der Waals surface area contributed by atoms with Crippen LogP contribution in [0.1, 0.15) is 49.8 Å². The van der Waals surface area contributed by atoms with E-state index >= 15 is 0 Å². The van der Waals surface area contributed by atoms with Gasteiger partial charge >= 0.3 is 5.97 Å². The van der Waals surface area contributed by atoms with Crippen molar-refractivity contribution in [1.82, 2.24) is 4.90 Å². The molecule has 6 heteroatoms. The summed E-state index contributed by atoms with van der Waals surface area (Å²) < 4.78 is 12.0. The van der Waals surface area contributed by atoms with Gasteiger partial charge in [0.15, 0.2) is 11.5 Å². The van der Waals surface area contributed by atoms with Crippen LogP contribution in [0.4, 0.5) is 0 Å². The molecule has 2 aliphatic rings. The van der Waals surface area contributed by atoms with Gasteiger partial charge in [0.25, 0.3) is 0 Å². The molecule has 0 radical (unpaired) electrons. The van der Waals surface area contributed by atoms with Crippen molar-refractivity contribution < 1.29 is 24.2 Å². The van der Waals surface area contributed by atoms with Crippen molar-refractivity contribution in [2.75, 3.05) is 20.2 Å². The maximum Gasteiger partial charge on any atom is 0.309 e. The third-order valence-corrected chi connectivity index (χ3v) is 7.06. The van der Waals surface area contributed by atoms with Crippen molar-refractivity contribution >= 4 is 11.9 Å². The first kappa shape index (κ1) is 23.1. The molecular formula is C27H33NO5. The van der Waals surface area contributed by atoms with E-state index in [4.69, 9.17) is 9.47 Å². The molecule has 1 fully saturated rings. The zero-order chi connectivity index (χ0) is 23.8. The number of amides is 1. The summed E-state index contributed by atoms with van der Waals surface area (Å²) in [6.07, 6.45) is 1.83. The van der Waals surface area contributed by atoms with E-state index < -0.39 is 11.4 Å². The number of hydrogen-bond acceptors (Lipinski definition) is 4. The number of fused-ring (bicyclic) bond motifs is 1. The summed E-state index contributed by atoms with van der Waals surface area (Å²) in [6.45, 7) is 6.53. The van der Waals surface area contributed by atoms with Crippen LogP contribution in [0, 0.1) is 11.3 Å². The number of methoxy groups -OCH3 is 1. The normalized spacial score (nSPS) is 20.5. The van der Waals surface area contributed by atoms with E-state index in [0.717, 1.165) is 24.2 Å². The van der Waals surface area contributed by atoms with Gasteiger partial charge in [-0.05, 0) is 48.6 Å². The molecule has 4 rings (SSSR count). The Kier molecular flexibility index (Phi) is 6.37. The molecule has 1 N–H and O–H groups in total. The standard InChI is InChI=1S/C27H33NO5/c1-17-15-28(25(29)14-27(2,3)26(30)31)16-22(17)20-9-10-23(32-4)24(13-20)33-21-11-18-7-5-6-8-19(18)12-21/h5-10,13,17,21-22H,11-12,14-16H2,1-4H3,(H,30,31)/t17-,22+/m0/s1. The Balaban J connectivity index is 1.48. The minimum atomic E-state index is -1.07. The van der Waals surface area contributed by atoms with Gasteiger partial charge in [0.2, 0.25) is 5.91 Å². The van der Waals surface area contributed by atoms with Crippen LogP contribution >= 0.6 is 0 Å².